The lowest BCUT2D eigenvalue weighted by atomic mass is 9.96. The van der Waals surface area contributed by atoms with Crippen molar-refractivity contribution in [2.24, 2.45) is 5.73 Å². The maximum Gasteiger partial charge on any atom is 0.122 e. The summed E-state index contributed by atoms with van der Waals surface area (Å²) in [7, 11) is 1.65. The Morgan fingerprint density at radius 1 is 1.43 bits per heavy atom. The van der Waals surface area contributed by atoms with E-state index in [4.69, 9.17) is 22.1 Å². The second-order valence-corrected chi connectivity index (χ2v) is 4.56. The Morgan fingerprint density at radius 3 is 2.57 bits per heavy atom. The molecule has 0 aliphatic carbocycles. The zero-order chi connectivity index (χ0) is 10.8. The Morgan fingerprint density at radius 2 is 2.07 bits per heavy atom. The number of ether oxygens (including phenoxy) is 1. The molecule has 0 fully saturated rings. The van der Waals surface area contributed by atoms with Gasteiger partial charge in [-0.05, 0) is 44.0 Å². The van der Waals surface area contributed by atoms with E-state index in [9.17, 15) is 0 Å². The van der Waals surface area contributed by atoms with Crippen LogP contribution in [0.25, 0.3) is 0 Å². The monoisotopic (exact) mass is 213 g/mol. The first-order chi connectivity index (χ1) is 6.42. The molecule has 2 N–H and O–H groups in total. The number of methoxy groups -OCH3 is 1. The first-order valence-electron chi connectivity index (χ1n) is 4.54. The van der Waals surface area contributed by atoms with Crippen molar-refractivity contribution < 1.29 is 4.74 Å². The normalized spacial score (nSPS) is 11.5. The van der Waals surface area contributed by atoms with Gasteiger partial charge >= 0.3 is 0 Å². The van der Waals surface area contributed by atoms with Crippen LogP contribution >= 0.6 is 11.6 Å². The average molecular weight is 214 g/mol. The summed E-state index contributed by atoms with van der Waals surface area (Å²) in [5.41, 5.74) is 6.74. The van der Waals surface area contributed by atoms with Crippen molar-refractivity contribution in [3.63, 3.8) is 0 Å². The van der Waals surface area contributed by atoms with E-state index in [1.54, 1.807) is 7.11 Å². The highest BCUT2D eigenvalue weighted by molar-refractivity contribution is 6.30. The van der Waals surface area contributed by atoms with Crippen LogP contribution in [0.1, 0.15) is 19.4 Å². The van der Waals surface area contributed by atoms with Crippen LogP contribution in [0.4, 0.5) is 0 Å². The summed E-state index contributed by atoms with van der Waals surface area (Å²) < 4.78 is 5.23. The van der Waals surface area contributed by atoms with Crippen LogP contribution in [-0.2, 0) is 6.42 Å². The van der Waals surface area contributed by atoms with Crippen molar-refractivity contribution in [3.05, 3.63) is 28.8 Å². The van der Waals surface area contributed by atoms with Crippen LogP contribution in [-0.4, -0.2) is 12.6 Å². The molecule has 14 heavy (non-hydrogen) atoms. The second-order valence-electron chi connectivity index (χ2n) is 4.12. The van der Waals surface area contributed by atoms with Gasteiger partial charge in [-0.3, -0.25) is 0 Å². The van der Waals surface area contributed by atoms with Crippen molar-refractivity contribution in [2.75, 3.05) is 7.11 Å². The van der Waals surface area contributed by atoms with Crippen molar-refractivity contribution in [2.45, 2.75) is 25.8 Å². The van der Waals surface area contributed by atoms with Crippen LogP contribution in [0.2, 0.25) is 5.02 Å². The van der Waals surface area contributed by atoms with Gasteiger partial charge in [-0.25, -0.2) is 0 Å². The minimum Gasteiger partial charge on any atom is -0.496 e. The molecule has 0 unspecified atom stereocenters. The van der Waals surface area contributed by atoms with E-state index in [1.165, 1.54) is 0 Å². The fraction of sp³-hybridized carbons (Fsp3) is 0.455. The second kappa shape index (κ2) is 4.20. The number of benzene rings is 1. The molecular formula is C11H16ClNO. The van der Waals surface area contributed by atoms with Gasteiger partial charge in [0.1, 0.15) is 5.75 Å². The number of hydrogen-bond acceptors (Lipinski definition) is 2. The number of nitrogens with two attached hydrogens (primary N) is 1. The molecule has 3 heteroatoms. The largest absolute Gasteiger partial charge is 0.496 e. The summed E-state index contributed by atoms with van der Waals surface area (Å²) in [6.45, 7) is 3.96. The molecule has 0 bridgehead atoms. The minimum absolute atomic E-state index is 0.252. The SMILES string of the molecule is COc1ccc(Cl)cc1CC(C)(C)N. The summed E-state index contributed by atoms with van der Waals surface area (Å²) in [4.78, 5) is 0. The molecule has 0 saturated carbocycles. The van der Waals surface area contributed by atoms with E-state index in [-0.39, 0.29) is 5.54 Å². The maximum atomic E-state index is 5.94. The van der Waals surface area contributed by atoms with Gasteiger partial charge in [-0.1, -0.05) is 11.6 Å². The van der Waals surface area contributed by atoms with E-state index < -0.39 is 0 Å². The number of halogens is 1. The van der Waals surface area contributed by atoms with Crippen molar-refractivity contribution in [1.82, 2.24) is 0 Å². The fourth-order valence-electron chi connectivity index (χ4n) is 1.38. The Hall–Kier alpha value is -0.730. The van der Waals surface area contributed by atoms with Gasteiger partial charge < -0.3 is 10.5 Å². The Kier molecular flexibility index (Phi) is 3.40. The van der Waals surface area contributed by atoms with Crippen LogP contribution in [0, 0.1) is 0 Å². The van der Waals surface area contributed by atoms with Gasteiger partial charge in [-0.15, -0.1) is 0 Å². The first kappa shape index (κ1) is 11.3. The van der Waals surface area contributed by atoms with Crippen LogP contribution in [0.3, 0.4) is 0 Å². The molecule has 0 spiro atoms. The zero-order valence-electron chi connectivity index (χ0n) is 8.80. The number of rotatable bonds is 3. The third-order valence-corrected chi connectivity index (χ3v) is 2.12. The maximum absolute atomic E-state index is 5.94. The molecule has 1 aromatic rings. The Labute approximate surface area is 90.0 Å². The summed E-state index contributed by atoms with van der Waals surface area (Å²) in [6.07, 6.45) is 0.747. The Balaban J connectivity index is 2.99. The predicted molar refractivity (Wildman–Crippen MR) is 60.0 cm³/mol. The van der Waals surface area contributed by atoms with Gasteiger partial charge in [0.15, 0.2) is 0 Å². The minimum atomic E-state index is -0.252. The molecule has 78 valence electrons. The van der Waals surface area contributed by atoms with Crippen LogP contribution in [0.15, 0.2) is 18.2 Å². The molecule has 1 rings (SSSR count). The van der Waals surface area contributed by atoms with E-state index >= 15 is 0 Å². The number of hydrogen-bond donors (Lipinski definition) is 1. The standard InChI is InChI=1S/C11H16ClNO/c1-11(2,13)7-8-6-9(12)4-5-10(8)14-3/h4-6H,7,13H2,1-3H3. The molecule has 0 aromatic heterocycles. The molecule has 0 aliphatic heterocycles. The summed E-state index contributed by atoms with van der Waals surface area (Å²) >= 11 is 5.91. The zero-order valence-corrected chi connectivity index (χ0v) is 9.56. The smallest absolute Gasteiger partial charge is 0.122 e. The first-order valence-corrected chi connectivity index (χ1v) is 4.91. The Bertz CT molecular complexity index is 318. The summed E-state index contributed by atoms with van der Waals surface area (Å²) in [6, 6.07) is 5.58. The molecule has 2 nitrogen and oxygen atoms in total. The van der Waals surface area contributed by atoms with Gasteiger partial charge in [0.2, 0.25) is 0 Å². The molecule has 1 aromatic carbocycles. The third-order valence-electron chi connectivity index (χ3n) is 1.89. The molecule has 0 atom stereocenters. The van der Waals surface area contributed by atoms with Gasteiger partial charge in [0.05, 0.1) is 7.11 Å². The molecule has 0 heterocycles. The van der Waals surface area contributed by atoms with Gasteiger partial charge in [-0.2, -0.15) is 0 Å². The van der Waals surface area contributed by atoms with Crippen molar-refractivity contribution >= 4 is 11.6 Å². The van der Waals surface area contributed by atoms with Crippen LogP contribution in [0.5, 0.6) is 5.75 Å². The van der Waals surface area contributed by atoms with Crippen molar-refractivity contribution in [3.8, 4) is 5.75 Å². The fourth-order valence-corrected chi connectivity index (χ4v) is 1.57. The molecule has 0 radical (unpaired) electrons. The van der Waals surface area contributed by atoms with Crippen LogP contribution < -0.4 is 10.5 Å². The highest BCUT2D eigenvalue weighted by Crippen LogP contribution is 2.25. The molecular weight excluding hydrogens is 198 g/mol. The molecule has 0 amide bonds. The quantitative estimate of drug-likeness (QED) is 0.838. The van der Waals surface area contributed by atoms with E-state index in [0.29, 0.717) is 5.02 Å². The highest BCUT2D eigenvalue weighted by Gasteiger charge is 2.15. The van der Waals surface area contributed by atoms with E-state index in [2.05, 4.69) is 0 Å². The average Bonchev–Trinajstić information content (AvgIpc) is 2.01. The molecule has 0 aliphatic rings. The van der Waals surface area contributed by atoms with Crippen molar-refractivity contribution in [1.29, 1.82) is 0 Å². The van der Waals surface area contributed by atoms with Gasteiger partial charge in [0.25, 0.3) is 0 Å². The van der Waals surface area contributed by atoms with E-state index in [1.807, 2.05) is 32.0 Å². The lowest BCUT2D eigenvalue weighted by Gasteiger charge is -2.20. The lowest BCUT2D eigenvalue weighted by molar-refractivity contribution is 0.402. The lowest BCUT2D eigenvalue weighted by Crippen LogP contribution is -2.34. The summed E-state index contributed by atoms with van der Waals surface area (Å²) in [5, 5.41) is 0.713. The molecule has 0 saturated heterocycles. The van der Waals surface area contributed by atoms with Gasteiger partial charge in [0, 0.05) is 10.6 Å². The third kappa shape index (κ3) is 3.20. The summed E-state index contributed by atoms with van der Waals surface area (Å²) in [5.74, 6) is 0.841. The van der Waals surface area contributed by atoms with E-state index in [0.717, 1.165) is 17.7 Å². The topological polar surface area (TPSA) is 35.2 Å². The highest BCUT2D eigenvalue weighted by atomic mass is 35.5. The predicted octanol–water partition coefficient (Wildman–Crippen LogP) is 2.63.